The standard InChI is InChI=1S/C21H24N2OS/c1-14-4-5-18(12-15(14)2)24-17-6-9-23(10-7-17)21-19-8-11-25-20(19)13-16(3)22-21/h4-5,8,11-13,17H,6-7,9-10H2,1-3H3. The fourth-order valence-corrected chi connectivity index (χ4v) is 4.35. The highest BCUT2D eigenvalue weighted by Gasteiger charge is 2.23. The highest BCUT2D eigenvalue weighted by atomic mass is 32.1. The van der Waals surface area contributed by atoms with Gasteiger partial charge in [0, 0.05) is 41.7 Å². The molecule has 0 unspecified atom stereocenters. The fraction of sp³-hybridized carbons (Fsp3) is 0.381. The lowest BCUT2D eigenvalue weighted by molar-refractivity contribution is 0.170. The molecular weight excluding hydrogens is 328 g/mol. The highest BCUT2D eigenvalue weighted by Crippen LogP contribution is 2.32. The summed E-state index contributed by atoms with van der Waals surface area (Å²) in [5, 5.41) is 3.44. The number of pyridine rings is 1. The Morgan fingerprint density at radius 1 is 1.04 bits per heavy atom. The lowest BCUT2D eigenvalue weighted by Crippen LogP contribution is -2.38. The predicted molar refractivity (Wildman–Crippen MR) is 106 cm³/mol. The van der Waals surface area contributed by atoms with Crippen molar-refractivity contribution >= 4 is 27.2 Å². The van der Waals surface area contributed by atoms with Gasteiger partial charge < -0.3 is 9.64 Å². The number of fused-ring (bicyclic) bond motifs is 1. The van der Waals surface area contributed by atoms with Crippen LogP contribution in [0.4, 0.5) is 5.82 Å². The number of hydrogen-bond donors (Lipinski definition) is 0. The normalized spacial score (nSPS) is 15.7. The molecule has 1 saturated heterocycles. The number of piperidine rings is 1. The number of aryl methyl sites for hydroxylation is 3. The first-order valence-corrected chi connectivity index (χ1v) is 9.82. The molecule has 1 fully saturated rings. The molecule has 0 atom stereocenters. The van der Waals surface area contributed by atoms with Crippen LogP contribution >= 0.6 is 11.3 Å². The van der Waals surface area contributed by atoms with Gasteiger partial charge in [0.1, 0.15) is 17.7 Å². The number of anilines is 1. The zero-order chi connectivity index (χ0) is 17.4. The van der Waals surface area contributed by atoms with E-state index in [1.54, 1.807) is 11.3 Å². The smallest absolute Gasteiger partial charge is 0.137 e. The summed E-state index contributed by atoms with van der Waals surface area (Å²) in [5.74, 6) is 2.14. The van der Waals surface area contributed by atoms with E-state index in [-0.39, 0.29) is 0 Å². The Hall–Kier alpha value is -2.07. The Morgan fingerprint density at radius 2 is 1.84 bits per heavy atom. The van der Waals surface area contributed by atoms with E-state index >= 15 is 0 Å². The third-order valence-electron chi connectivity index (χ3n) is 5.08. The van der Waals surface area contributed by atoms with Crippen molar-refractivity contribution in [2.24, 2.45) is 0 Å². The molecule has 0 spiro atoms. The first-order valence-electron chi connectivity index (χ1n) is 8.94. The quantitative estimate of drug-likeness (QED) is 0.642. The summed E-state index contributed by atoms with van der Waals surface area (Å²) in [6.07, 6.45) is 2.36. The highest BCUT2D eigenvalue weighted by molar-refractivity contribution is 7.17. The molecule has 130 valence electrons. The minimum atomic E-state index is 0.293. The molecule has 3 heterocycles. The van der Waals surface area contributed by atoms with Crippen molar-refractivity contribution in [3.63, 3.8) is 0 Å². The van der Waals surface area contributed by atoms with Gasteiger partial charge in [0.2, 0.25) is 0 Å². The third-order valence-corrected chi connectivity index (χ3v) is 5.94. The number of rotatable bonds is 3. The summed E-state index contributed by atoms with van der Waals surface area (Å²) >= 11 is 1.79. The third kappa shape index (κ3) is 3.36. The number of benzene rings is 1. The van der Waals surface area contributed by atoms with Crippen molar-refractivity contribution in [2.75, 3.05) is 18.0 Å². The van der Waals surface area contributed by atoms with Crippen molar-refractivity contribution in [1.82, 2.24) is 4.98 Å². The maximum absolute atomic E-state index is 6.23. The van der Waals surface area contributed by atoms with Gasteiger partial charge in [0.05, 0.1) is 0 Å². The second kappa shape index (κ2) is 6.68. The van der Waals surface area contributed by atoms with E-state index in [1.807, 2.05) is 0 Å². The van der Waals surface area contributed by atoms with Crippen molar-refractivity contribution in [3.05, 3.63) is 52.5 Å². The lowest BCUT2D eigenvalue weighted by Gasteiger charge is -2.33. The van der Waals surface area contributed by atoms with E-state index < -0.39 is 0 Å². The van der Waals surface area contributed by atoms with Gasteiger partial charge in [-0.3, -0.25) is 0 Å². The van der Waals surface area contributed by atoms with Gasteiger partial charge in [-0.2, -0.15) is 0 Å². The van der Waals surface area contributed by atoms with Crippen molar-refractivity contribution in [3.8, 4) is 5.75 Å². The number of hydrogen-bond acceptors (Lipinski definition) is 4. The Balaban J connectivity index is 1.45. The fourth-order valence-electron chi connectivity index (χ4n) is 3.47. The van der Waals surface area contributed by atoms with Crippen LogP contribution in [-0.4, -0.2) is 24.2 Å². The van der Waals surface area contributed by atoms with E-state index in [1.165, 1.54) is 21.2 Å². The van der Waals surface area contributed by atoms with Crippen LogP contribution in [0.15, 0.2) is 35.7 Å². The largest absolute Gasteiger partial charge is 0.490 e. The van der Waals surface area contributed by atoms with Crippen LogP contribution in [-0.2, 0) is 0 Å². The molecule has 0 aliphatic carbocycles. The molecular formula is C21H24N2OS. The molecule has 2 aromatic heterocycles. The van der Waals surface area contributed by atoms with Crippen LogP contribution in [0.2, 0.25) is 0 Å². The van der Waals surface area contributed by atoms with E-state index in [9.17, 15) is 0 Å². The minimum Gasteiger partial charge on any atom is -0.490 e. The molecule has 0 saturated carbocycles. The second-order valence-corrected chi connectivity index (χ2v) is 7.92. The van der Waals surface area contributed by atoms with Gasteiger partial charge in [0.25, 0.3) is 0 Å². The van der Waals surface area contributed by atoms with Gasteiger partial charge in [-0.1, -0.05) is 6.07 Å². The summed E-state index contributed by atoms with van der Waals surface area (Å²) in [5.41, 5.74) is 3.70. The SMILES string of the molecule is Cc1cc2sccc2c(N2CCC(Oc3ccc(C)c(C)c3)CC2)n1. The maximum atomic E-state index is 6.23. The van der Waals surface area contributed by atoms with Crippen LogP contribution < -0.4 is 9.64 Å². The number of aromatic nitrogens is 1. The Bertz CT molecular complexity index is 894. The van der Waals surface area contributed by atoms with Crippen LogP contribution in [0.1, 0.15) is 29.7 Å². The lowest BCUT2D eigenvalue weighted by atomic mass is 10.1. The Kier molecular flexibility index (Phi) is 4.38. The topological polar surface area (TPSA) is 25.4 Å². The summed E-state index contributed by atoms with van der Waals surface area (Å²) < 4.78 is 7.56. The molecule has 0 amide bonds. The summed E-state index contributed by atoms with van der Waals surface area (Å²) in [7, 11) is 0. The van der Waals surface area contributed by atoms with E-state index in [0.29, 0.717) is 6.10 Å². The Labute approximate surface area is 153 Å². The van der Waals surface area contributed by atoms with E-state index in [0.717, 1.165) is 43.2 Å². The van der Waals surface area contributed by atoms with Crippen LogP contribution in [0.3, 0.4) is 0 Å². The van der Waals surface area contributed by atoms with Gasteiger partial charge in [-0.05, 0) is 61.5 Å². The van der Waals surface area contributed by atoms with E-state index in [2.05, 4.69) is 61.4 Å². The van der Waals surface area contributed by atoms with Gasteiger partial charge in [0.15, 0.2) is 0 Å². The average Bonchev–Trinajstić information content (AvgIpc) is 3.06. The summed E-state index contributed by atoms with van der Waals surface area (Å²) in [4.78, 5) is 7.24. The van der Waals surface area contributed by atoms with Crippen molar-refractivity contribution in [2.45, 2.75) is 39.7 Å². The molecule has 0 radical (unpaired) electrons. The molecule has 1 aliphatic heterocycles. The van der Waals surface area contributed by atoms with Crippen LogP contribution in [0.5, 0.6) is 5.75 Å². The summed E-state index contributed by atoms with van der Waals surface area (Å²) in [6.45, 7) is 8.35. The number of nitrogens with zero attached hydrogens (tertiary/aromatic N) is 2. The predicted octanol–water partition coefficient (Wildman–Crippen LogP) is 5.27. The van der Waals surface area contributed by atoms with Gasteiger partial charge in [-0.25, -0.2) is 4.98 Å². The van der Waals surface area contributed by atoms with Gasteiger partial charge in [-0.15, -0.1) is 11.3 Å². The first-order chi connectivity index (χ1) is 12.1. The molecule has 0 N–H and O–H groups in total. The minimum absolute atomic E-state index is 0.293. The first kappa shape index (κ1) is 16.4. The molecule has 1 aromatic carbocycles. The van der Waals surface area contributed by atoms with Gasteiger partial charge >= 0.3 is 0 Å². The molecule has 4 rings (SSSR count). The molecule has 0 bridgehead atoms. The monoisotopic (exact) mass is 352 g/mol. The van der Waals surface area contributed by atoms with Crippen molar-refractivity contribution in [1.29, 1.82) is 0 Å². The zero-order valence-electron chi connectivity index (χ0n) is 15.1. The van der Waals surface area contributed by atoms with Crippen LogP contribution in [0, 0.1) is 20.8 Å². The summed E-state index contributed by atoms with van der Waals surface area (Å²) in [6, 6.07) is 10.8. The average molecular weight is 353 g/mol. The maximum Gasteiger partial charge on any atom is 0.137 e. The van der Waals surface area contributed by atoms with Crippen LogP contribution in [0.25, 0.3) is 10.1 Å². The number of thiophene rings is 1. The molecule has 25 heavy (non-hydrogen) atoms. The molecule has 3 aromatic rings. The number of ether oxygens (including phenoxy) is 1. The second-order valence-electron chi connectivity index (χ2n) is 6.97. The molecule has 3 nitrogen and oxygen atoms in total. The molecule has 4 heteroatoms. The zero-order valence-corrected chi connectivity index (χ0v) is 15.9. The molecule has 1 aliphatic rings. The Morgan fingerprint density at radius 3 is 2.60 bits per heavy atom. The van der Waals surface area contributed by atoms with E-state index in [4.69, 9.17) is 9.72 Å². The van der Waals surface area contributed by atoms with Crippen molar-refractivity contribution < 1.29 is 4.74 Å².